The highest BCUT2D eigenvalue weighted by Crippen LogP contribution is 2.17. The summed E-state index contributed by atoms with van der Waals surface area (Å²) in [5.41, 5.74) is 1.99. The maximum Gasteiger partial charge on any atom is 0.166 e. The van der Waals surface area contributed by atoms with Gasteiger partial charge in [0.25, 0.3) is 0 Å². The number of hydrogen-bond acceptors (Lipinski definition) is 2. The Morgan fingerprint density at radius 2 is 2.00 bits per heavy atom. The van der Waals surface area contributed by atoms with Crippen LogP contribution in [0.1, 0.15) is 27.9 Å². The van der Waals surface area contributed by atoms with E-state index in [0.717, 1.165) is 17.2 Å². The van der Waals surface area contributed by atoms with Gasteiger partial charge in [0.15, 0.2) is 5.78 Å². The molecule has 102 valence electrons. The molecule has 2 aromatic carbocycles. The second-order valence-corrected chi connectivity index (χ2v) is 5.04. The molecule has 1 nitrogen and oxygen atoms in total. The second kappa shape index (κ2) is 6.73. The Morgan fingerprint density at radius 1 is 1.25 bits per heavy atom. The zero-order chi connectivity index (χ0) is 14.5. The molecular weight excluding hydrogens is 295 g/mol. The van der Waals surface area contributed by atoms with Crippen molar-refractivity contribution >= 4 is 35.0 Å². The van der Waals surface area contributed by atoms with Crippen molar-refractivity contribution in [1.29, 1.82) is 0 Å². The second-order valence-electron chi connectivity index (χ2n) is 4.36. The van der Waals surface area contributed by atoms with E-state index >= 15 is 0 Å². The minimum atomic E-state index is -0.578. The van der Waals surface area contributed by atoms with Crippen LogP contribution >= 0.6 is 23.8 Å². The molecule has 0 N–H and O–H groups in total. The van der Waals surface area contributed by atoms with Gasteiger partial charge in [0.2, 0.25) is 0 Å². The minimum absolute atomic E-state index is 0.0780. The quantitative estimate of drug-likeness (QED) is 0.591. The standard InChI is InChI=1S/C16H12ClFOS/c17-13-6-7-14(15(18)9-13)16(19)8-5-11-3-1-2-4-12(11)10-20/h1-4,6-7,9-10H,5,8H2. The zero-order valence-corrected chi connectivity index (χ0v) is 12.2. The molecule has 0 radical (unpaired) electrons. The molecule has 0 aliphatic rings. The summed E-state index contributed by atoms with van der Waals surface area (Å²) in [5, 5.41) is 1.87. The van der Waals surface area contributed by atoms with Gasteiger partial charge in [-0.3, -0.25) is 4.79 Å². The van der Waals surface area contributed by atoms with E-state index < -0.39 is 5.82 Å². The number of rotatable bonds is 5. The molecule has 0 unspecified atom stereocenters. The Morgan fingerprint density at radius 3 is 2.70 bits per heavy atom. The summed E-state index contributed by atoms with van der Waals surface area (Å²) in [4.78, 5) is 12.0. The highest BCUT2D eigenvalue weighted by Gasteiger charge is 2.12. The van der Waals surface area contributed by atoms with Crippen LogP contribution in [0.4, 0.5) is 4.39 Å². The highest BCUT2D eigenvalue weighted by atomic mass is 35.5. The minimum Gasteiger partial charge on any atom is -0.294 e. The lowest BCUT2D eigenvalue weighted by molar-refractivity contribution is 0.0979. The van der Waals surface area contributed by atoms with Crippen LogP contribution in [0, 0.1) is 5.82 Å². The molecule has 0 fully saturated rings. The summed E-state index contributed by atoms with van der Waals surface area (Å²) in [6.45, 7) is 0. The Hall–Kier alpha value is -1.58. The molecule has 0 aliphatic heterocycles. The number of thiocarbonyl (C=S) groups is 1. The van der Waals surface area contributed by atoms with Crippen molar-refractivity contribution in [3.63, 3.8) is 0 Å². The largest absolute Gasteiger partial charge is 0.294 e. The predicted molar refractivity (Wildman–Crippen MR) is 83.3 cm³/mol. The molecule has 0 spiro atoms. The van der Waals surface area contributed by atoms with Gasteiger partial charge in [-0.25, -0.2) is 4.39 Å². The maximum absolute atomic E-state index is 13.6. The van der Waals surface area contributed by atoms with E-state index in [9.17, 15) is 9.18 Å². The van der Waals surface area contributed by atoms with Crippen molar-refractivity contribution in [1.82, 2.24) is 0 Å². The number of benzene rings is 2. The van der Waals surface area contributed by atoms with Crippen molar-refractivity contribution in [2.75, 3.05) is 0 Å². The number of ketones is 1. The van der Waals surface area contributed by atoms with Crippen LogP contribution in [-0.4, -0.2) is 11.2 Å². The van der Waals surface area contributed by atoms with Crippen LogP contribution in [-0.2, 0) is 6.42 Å². The number of carbonyl (C=O) groups is 1. The smallest absolute Gasteiger partial charge is 0.166 e. The normalized spacial score (nSPS) is 10.3. The van der Waals surface area contributed by atoms with E-state index in [1.165, 1.54) is 12.1 Å². The number of Topliss-reactive ketones (excluding diaryl/α,β-unsaturated/α-hetero) is 1. The third-order valence-electron chi connectivity index (χ3n) is 3.04. The van der Waals surface area contributed by atoms with Crippen LogP contribution in [0.25, 0.3) is 0 Å². The first kappa shape index (κ1) is 14.8. The van der Waals surface area contributed by atoms with Gasteiger partial charge >= 0.3 is 0 Å². The fraction of sp³-hybridized carbons (Fsp3) is 0.125. The molecule has 0 heterocycles. The van der Waals surface area contributed by atoms with E-state index in [1.54, 1.807) is 5.37 Å². The van der Waals surface area contributed by atoms with Gasteiger partial charge in [0.1, 0.15) is 5.82 Å². The SMILES string of the molecule is O=C(CCc1ccccc1C=S)c1ccc(Cl)cc1F. The number of aryl methyl sites for hydroxylation is 1. The molecular formula is C16H12ClFOS. The van der Waals surface area contributed by atoms with E-state index in [1.807, 2.05) is 24.3 Å². The molecule has 0 amide bonds. The Kier molecular flexibility index (Phi) is 4.99. The Labute approximate surface area is 127 Å². The van der Waals surface area contributed by atoms with E-state index in [2.05, 4.69) is 0 Å². The molecule has 0 aliphatic carbocycles. The first-order valence-corrected chi connectivity index (χ1v) is 6.98. The van der Waals surface area contributed by atoms with E-state index in [-0.39, 0.29) is 22.8 Å². The first-order chi connectivity index (χ1) is 9.61. The van der Waals surface area contributed by atoms with Gasteiger partial charge < -0.3 is 0 Å². The van der Waals surface area contributed by atoms with E-state index in [4.69, 9.17) is 23.8 Å². The maximum atomic E-state index is 13.6. The lowest BCUT2D eigenvalue weighted by Gasteiger charge is -2.06. The molecule has 0 bridgehead atoms. The van der Waals surface area contributed by atoms with Crippen molar-refractivity contribution in [2.45, 2.75) is 12.8 Å². The van der Waals surface area contributed by atoms with Crippen molar-refractivity contribution in [3.05, 3.63) is 70.0 Å². The topological polar surface area (TPSA) is 17.1 Å². The van der Waals surface area contributed by atoms with Gasteiger partial charge in [0.05, 0.1) is 5.56 Å². The van der Waals surface area contributed by atoms with Crippen LogP contribution in [0.3, 0.4) is 0 Å². The third kappa shape index (κ3) is 3.50. The first-order valence-electron chi connectivity index (χ1n) is 6.13. The number of hydrogen-bond donors (Lipinski definition) is 0. The number of halogens is 2. The van der Waals surface area contributed by atoms with Crippen molar-refractivity contribution < 1.29 is 9.18 Å². The fourth-order valence-electron chi connectivity index (χ4n) is 1.98. The van der Waals surface area contributed by atoms with Gasteiger partial charge in [-0.1, -0.05) is 48.1 Å². The van der Waals surface area contributed by atoms with Crippen molar-refractivity contribution in [2.24, 2.45) is 0 Å². The average molecular weight is 307 g/mol. The summed E-state index contributed by atoms with van der Waals surface area (Å²) >= 11 is 10.6. The van der Waals surface area contributed by atoms with Crippen LogP contribution in [0.15, 0.2) is 42.5 Å². The Balaban J connectivity index is 2.10. The predicted octanol–water partition coefficient (Wildman–Crippen LogP) is 4.64. The van der Waals surface area contributed by atoms with E-state index in [0.29, 0.717) is 6.42 Å². The lowest BCUT2D eigenvalue weighted by atomic mass is 9.99. The van der Waals surface area contributed by atoms with Crippen LogP contribution in [0.2, 0.25) is 5.02 Å². The Bertz CT molecular complexity index is 655. The molecule has 20 heavy (non-hydrogen) atoms. The average Bonchev–Trinajstić information content (AvgIpc) is 2.45. The summed E-state index contributed by atoms with van der Waals surface area (Å²) in [6.07, 6.45) is 0.767. The summed E-state index contributed by atoms with van der Waals surface area (Å²) in [5.74, 6) is -0.816. The van der Waals surface area contributed by atoms with Gasteiger partial charge in [-0.2, -0.15) is 0 Å². The van der Waals surface area contributed by atoms with Gasteiger partial charge in [0, 0.05) is 16.8 Å². The third-order valence-corrected chi connectivity index (χ3v) is 3.52. The highest BCUT2D eigenvalue weighted by molar-refractivity contribution is 7.79. The summed E-state index contributed by atoms with van der Waals surface area (Å²) < 4.78 is 13.6. The lowest BCUT2D eigenvalue weighted by Crippen LogP contribution is -2.05. The molecule has 0 saturated heterocycles. The summed E-state index contributed by atoms with van der Waals surface area (Å²) in [6, 6.07) is 11.7. The fourth-order valence-corrected chi connectivity index (χ4v) is 2.36. The molecule has 2 aromatic rings. The van der Waals surface area contributed by atoms with Crippen LogP contribution in [0.5, 0.6) is 0 Å². The van der Waals surface area contributed by atoms with Crippen LogP contribution < -0.4 is 0 Å². The number of carbonyl (C=O) groups excluding carboxylic acids is 1. The van der Waals surface area contributed by atoms with Gasteiger partial charge in [-0.05, 0) is 35.7 Å². The molecule has 0 aromatic heterocycles. The molecule has 4 heteroatoms. The molecule has 0 saturated carbocycles. The zero-order valence-electron chi connectivity index (χ0n) is 10.6. The van der Waals surface area contributed by atoms with Crippen molar-refractivity contribution in [3.8, 4) is 0 Å². The molecule has 2 rings (SSSR count). The van der Waals surface area contributed by atoms with Gasteiger partial charge in [-0.15, -0.1) is 0 Å². The summed E-state index contributed by atoms with van der Waals surface area (Å²) in [7, 11) is 0. The molecule has 0 atom stereocenters. The monoisotopic (exact) mass is 306 g/mol.